The van der Waals surface area contributed by atoms with E-state index in [4.69, 9.17) is 23.7 Å². The molecule has 7 N–H and O–H groups in total. The predicted octanol–water partition coefficient (Wildman–Crippen LogP) is -0.407. The molecule has 2 fully saturated rings. The maximum atomic E-state index is 10.7. The van der Waals surface area contributed by atoms with Crippen molar-refractivity contribution in [3.05, 3.63) is 47.5 Å². The van der Waals surface area contributed by atoms with Crippen LogP contribution in [0.1, 0.15) is 17.2 Å². The summed E-state index contributed by atoms with van der Waals surface area (Å²) >= 11 is 0. The second-order valence-corrected chi connectivity index (χ2v) is 9.51. The molecule has 0 aliphatic carbocycles. The van der Waals surface area contributed by atoms with Crippen LogP contribution in [0.15, 0.2) is 36.4 Å². The molecule has 0 bridgehead atoms. The van der Waals surface area contributed by atoms with Gasteiger partial charge in [-0.15, -0.1) is 0 Å². The number of phenolic OH excluding ortho intramolecular Hbond substituents is 2. The van der Waals surface area contributed by atoms with Crippen molar-refractivity contribution in [2.45, 2.75) is 48.8 Å². The van der Waals surface area contributed by atoms with Crippen LogP contribution in [0.25, 0.3) is 0 Å². The molecule has 38 heavy (non-hydrogen) atoms. The normalized spacial score (nSPS) is 33.3. The molecule has 12 nitrogen and oxygen atoms in total. The van der Waals surface area contributed by atoms with Crippen LogP contribution >= 0.6 is 0 Å². The van der Waals surface area contributed by atoms with Gasteiger partial charge in [0.2, 0.25) is 0 Å². The summed E-state index contributed by atoms with van der Waals surface area (Å²) in [6.45, 7) is -1.16. The maximum Gasteiger partial charge on any atom is 0.187 e. The predicted molar refractivity (Wildman–Crippen MR) is 130 cm³/mol. The fourth-order valence-corrected chi connectivity index (χ4v) is 5.11. The Morgan fingerprint density at radius 3 is 2.16 bits per heavy atom. The standard InChI is InChI=1S/C26H34O12/c1-34-18-7-13(3-5-16(18)29)9-26(38-25-23(33)22(32)21(31)20(11-28)37-25)12-36-24(15(26)10-27)14-4-6-17(30)19(8-14)35-2/h3-8,15,20-25,27-33H,9-12H2,1-2H3/t15-,20-,21-,22+,23-,24-,25+,26+/m1/s1. The number of rotatable bonds is 9. The third-order valence-electron chi connectivity index (χ3n) is 7.22. The van der Waals surface area contributed by atoms with E-state index in [0.717, 1.165) is 0 Å². The lowest BCUT2D eigenvalue weighted by Crippen LogP contribution is -2.62. The van der Waals surface area contributed by atoms with Crippen molar-refractivity contribution in [1.29, 1.82) is 0 Å². The van der Waals surface area contributed by atoms with E-state index in [1.54, 1.807) is 24.3 Å². The SMILES string of the molecule is COc1cc(C[C@]2(O[C@@H]3O[C@H](CO)[C@@H](O)[C@H](O)[C@H]3O)CO[C@H](c3ccc(O)c(OC)c3)[C@H]2CO)ccc1O. The number of hydrogen-bond acceptors (Lipinski definition) is 12. The van der Waals surface area contributed by atoms with Crippen molar-refractivity contribution >= 4 is 0 Å². The third-order valence-corrected chi connectivity index (χ3v) is 7.22. The van der Waals surface area contributed by atoms with Crippen LogP contribution in [0.4, 0.5) is 0 Å². The number of aliphatic hydroxyl groups excluding tert-OH is 5. The minimum absolute atomic E-state index is 0.0735. The summed E-state index contributed by atoms with van der Waals surface area (Å²) in [4.78, 5) is 0. The number of phenols is 2. The van der Waals surface area contributed by atoms with E-state index in [1.165, 1.54) is 26.4 Å². The molecule has 0 spiro atoms. The van der Waals surface area contributed by atoms with E-state index in [1.807, 2.05) is 0 Å². The number of methoxy groups -OCH3 is 2. The van der Waals surface area contributed by atoms with Crippen LogP contribution in [0.2, 0.25) is 0 Å². The van der Waals surface area contributed by atoms with Gasteiger partial charge in [0.05, 0.1) is 40.1 Å². The van der Waals surface area contributed by atoms with Gasteiger partial charge >= 0.3 is 0 Å². The van der Waals surface area contributed by atoms with E-state index in [2.05, 4.69) is 0 Å². The first-order chi connectivity index (χ1) is 18.2. The molecule has 2 heterocycles. The van der Waals surface area contributed by atoms with Gasteiger partial charge in [0, 0.05) is 12.3 Å². The molecular formula is C26H34O12. The Balaban J connectivity index is 1.73. The highest BCUT2D eigenvalue weighted by Crippen LogP contribution is 2.47. The lowest BCUT2D eigenvalue weighted by molar-refractivity contribution is -0.331. The summed E-state index contributed by atoms with van der Waals surface area (Å²) in [5.41, 5.74) is -0.142. The van der Waals surface area contributed by atoms with Crippen molar-refractivity contribution in [3.8, 4) is 23.0 Å². The van der Waals surface area contributed by atoms with Crippen LogP contribution in [0.3, 0.4) is 0 Å². The fourth-order valence-electron chi connectivity index (χ4n) is 5.11. The lowest BCUT2D eigenvalue weighted by atomic mass is 9.79. The van der Waals surface area contributed by atoms with E-state index >= 15 is 0 Å². The van der Waals surface area contributed by atoms with Gasteiger partial charge in [0.25, 0.3) is 0 Å². The van der Waals surface area contributed by atoms with Gasteiger partial charge in [-0.3, -0.25) is 0 Å². The summed E-state index contributed by atoms with van der Waals surface area (Å²) < 4.78 is 28.5. The van der Waals surface area contributed by atoms with Gasteiger partial charge in [0.1, 0.15) is 30.0 Å². The van der Waals surface area contributed by atoms with Gasteiger partial charge in [-0.1, -0.05) is 12.1 Å². The smallest absolute Gasteiger partial charge is 0.187 e. The second-order valence-electron chi connectivity index (χ2n) is 9.51. The summed E-state index contributed by atoms with van der Waals surface area (Å²) in [5, 5.41) is 71.5. The van der Waals surface area contributed by atoms with Gasteiger partial charge in [-0.2, -0.15) is 0 Å². The number of aromatic hydroxyl groups is 2. The molecular weight excluding hydrogens is 504 g/mol. The topological polar surface area (TPSA) is 188 Å². The molecule has 2 aliphatic rings. The van der Waals surface area contributed by atoms with E-state index in [9.17, 15) is 35.7 Å². The van der Waals surface area contributed by atoms with Crippen LogP contribution < -0.4 is 9.47 Å². The van der Waals surface area contributed by atoms with Crippen molar-refractivity contribution in [2.24, 2.45) is 5.92 Å². The molecule has 0 amide bonds. The number of aliphatic hydroxyl groups is 5. The Bertz CT molecular complexity index is 1090. The Hall–Kier alpha value is -2.68. The molecule has 0 aromatic heterocycles. The average molecular weight is 539 g/mol. The second kappa shape index (κ2) is 11.6. The van der Waals surface area contributed by atoms with Gasteiger partial charge in [-0.05, 0) is 35.4 Å². The summed E-state index contributed by atoms with van der Waals surface area (Å²) in [6.07, 6.45) is -8.24. The Morgan fingerprint density at radius 1 is 0.868 bits per heavy atom. The summed E-state index contributed by atoms with van der Waals surface area (Å²) in [6, 6.07) is 9.33. The van der Waals surface area contributed by atoms with Crippen molar-refractivity contribution in [2.75, 3.05) is 34.0 Å². The number of hydrogen-bond donors (Lipinski definition) is 7. The first-order valence-corrected chi connectivity index (χ1v) is 12.1. The zero-order valence-electron chi connectivity index (χ0n) is 21.0. The zero-order valence-corrected chi connectivity index (χ0v) is 21.0. The van der Waals surface area contributed by atoms with E-state index in [-0.39, 0.29) is 36.0 Å². The number of ether oxygens (including phenoxy) is 5. The molecule has 0 radical (unpaired) electrons. The van der Waals surface area contributed by atoms with Crippen molar-refractivity contribution < 1.29 is 59.4 Å². The summed E-state index contributed by atoms with van der Waals surface area (Å²) in [5.74, 6) is -0.488. The van der Waals surface area contributed by atoms with Gasteiger partial charge in [0.15, 0.2) is 29.3 Å². The average Bonchev–Trinajstić information content (AvgIpc) is 3.27. The Morgan fingerprint density at radius 2 is 1.53 bits per heavy atom. The van der Waals surface area contributed by atoms with E-state index < -0.39 is 61.5 Å². The largest absolute Gasteiger partial charge is 0.504 e. The first-order valence-electron chi connectivity index (χ1n) is 12.1. The summed E-state index contributed by atoms with van der Waals surface area (Å²) in [7, 11) is 2.81. The molecule has 8 atom stereocenters. The molecule has 210 valence electrons. The third kappa shape index (κ3) is 5.26. The minimum atomic E-state index is -1.67. The minimum Gasteiger partial charge on any atom is -0.504 e. The first kappa shape index (κ1) is 28.3. The van der Waals surface area contributed by atoms with Crippen LogP contribution in [-0.4, -0.2) is 106 Å². The van der Waals surface area contributed by atoms with Gasteiger partial charge in [-0.25, -0.2) is 0 Å². The highest BCUT2D eigenvalue weighted by Gasteiger charge is 2.55. The van der Waals surface area contributed by atoms with Crippen LogP contribution in [-0.2, 0) is 20.6 Å². The highest BCUT2D eigenvalue weighted by atomic mass is 16.7. The molecule has 2 saturated heterocycles. The van der Waals surface area contributed by atoms with Crippen LogP contribution in [0.5, 0.6) is 23.0 Å². The number of benzene rings is 2. The highest BCUT2D eigenvalue weighted by molar-refractivity contribution is 5.44. The molecule has 2 aliphatic heterocycles. The van der Waals surface area contributed by atoms with Gasteiger partial charge < -0.3 is 59.4 Å². The quantitative estimate of drug-likeness (QED) is 0.219. The van der Waals surface area contributed by atoms with Crippen molar-refractivity contribution in [3.63, 3.8) is 0 Å². The van der Waals surface area contributed by atoms with Crippen LogP contribution in [0, 0.1) is 5.92 Å². The van der Waals surface area contributed by atoms with E-state index in [0.29, 0.717) is 11.1 Å². The lowest BCUT2D eigenvalue weighted by Gasteiger charge is -2.44. The zero-order chi connectivity index (χ0) is 27.6. The fraction of sp³-hybridized carbons (Fsp3) is 0.538. The maximum absolute atomic E-state index is 10.7. The molecule has 0 saturated carbocycles. The molecule has 0 unspecified atom stereocenters. The molecule has 4 rings (SSSR count). The Labute approximate surface area is 219 Å². The molecule has 12 heteroatoms. The van der Waals surface area contributed by atoms with Crippen molar-refractivity contribution in [1.82, 2.24) is 0 Å². The molecule has 2 aromatic carbocycles. The molecule has 2 aromatic rings. The monoisotopic (exact) mass is 538 g/mol. The Kier molecular flexibility index (Phi) is 8.65.